The van der Waals surface area contributed by atoms with Gasteiger partial charge in [-0.25, -0.2) is 0 Å². The van der Waals surface area contributed by atoms with Crippen LogP contribution >= 0.6 is 12.4 Å². The number of benzene rings is 1. The Morgan fingerprint density at radius 1 is 1.11 bits per heavy atom. The molecule has 3 N–H and O–H groups in total. The van der Waals surface area contributed by atoms with Gasteiger partial charge in [-0.1, -0.05) is 0 Å². The lowest BCUT2D eigenvalue weighted by Gasteiger charge is -2.26. The SMILES string of the molecule is Cl.Nc1ccc(OCCCCN2CCNCC2)cc1. The van der Waals surface area contributed by atoms with Crippen molar-refractivity contribution in [3.63, 3.8) is 0 Å². The van der Waals surface area contributed by atoms with Gasteiger partial charge in [0.2, 0.25) is 0 Å². The fourth-order valence-electron chi connectivity index (χ4n) is 2.13. The molecule has 0 radical (unpaired) electrons. The molecule has 2 rings (SSSR count). The maximum Gasteiger partial charge on any atom is 0.119 e. The third-order valence-electron chi connectivity index (χ3n) is 3.23. The molecular weight excluding hydrogens is 262 g/mol. The monoisotopic (exact) mass is 285 g/mol. The van der Waals surface area contributed by atoms with E-state index in [2.05, 4.69) is 10.2 Å². The Bertz CT molecular complexity index is 339. The van der Waals surface area contributed by atoms with E-state index in [1.165, 1.54) is 26.1 Å². The third kappa shape index (κ3) is 6.14. The van der Waals surface area contributed by atoms with E-state index in [9.17, 15) is 0 Å². The molecule has 0 atom stereocenters. The van der Waals surface area contributed by atoms with Gasteiger partial charge < -0.3 is 20.7 Å². The minimum atomic E-state index is 0. The van der Waals surface area contributed by atoms with E-state index in [0.29, 0.717) is 0 Å². The molecule has 1 aliphatic heterocycles. The van der Waals surface area contributed by atoms with Crippen molar-refractivity contribution < 1.29 is 4.74 Å². The van der Waals surface area contributed by atoms with E-state index in [0.717, 1.165) is 37.6 Å². The largest absolute Gasteiger partial charge is 0.494 e. The van der Waals surface area contributed by atoms with Gasteiger partial charge >= 0.3 is 0 Å². The Morgan fingerprint density at radius 3 is 2.47 bits per heavy atom. The number of nitrogens with zero attached hydrogens (tertiary/aromatic N) is 1. The number of nitrogens with one attached hydrogen (secondary N) is 1. The highest BCUT2D eigenvalue weighted by Gasteiger charge is 2.07. The highest BCUT2D eigenvalue weighted by atomic mass is 35.5. The van der Waals surface area contributed by atoms with Gasteiger partial charge in [-0.15, -0.1) is 12.4 Å². The second kappa shape index (κ2) is 9.02. The predicted octanol–water partition coefficient (Wildman–Crippen LogP) is 1.75. The topological polar surface area (TPSA) is 50.5 Å². The molecule has 19 heavy (non-hydrogen) atoms. The highest BCUT2D eigenvalue weighted by Crippen LogP contribution is 2.13. The van der Waals surface area contributed by atoms with E-state index in [1.54, 1.807) is 0 Å². The molecule has 1 saturated heterocycles. The van der Waals surface area contributed by atoms with Crippen LogP contribution in [-0.4, -0.2) is 44.2 Å². The van der Waals surface area contributed by atoms with Crippen LogP contribution in [0.25, 0.3) is 0 Å². The van der Waals surface area contributed by atoms with Crippen molar-refractivity contribution in [2.75, 3.05) is 45.1 Å². The van der Waals surface area contributed by atoms with Crippen LogP contribution in [0.3, 0.4) is 0 Å². The summed E-state index contributed by atoms with van der Waals surface area (Å²) >= 11 is 0. The zero-order chi connectivity index (χ0) is 12.6. The summed E-state index contributed by atoms with van der Waals surface area (Å²) in [7, 11) is 0. The summed E-state index contributed by atoms with van der Waals surface area (Å²) in [4.78, 5) is 2.51. The minimum absolute atomic E-state index is 0. The van der Waals surface area contributed by atoms with Gasteiger partial charge in [0.25, 0.3) is 0 Å². The van der Waals surface area contributed by atoms with E-state index in [-0.39, 0.29) is 12.4 Å². The van der Waals surface area contributed by atoms with Gasteiger partial charge in [0, 0.05) is 31.9 Å². The number of nitrogens with two attached hydrogens (primary N) is 1. The summed E-state index contributed by atoms with van der Waals surface area (Å²) in [6, 6.07) is 7.59. The number of halogens is 1. The van der Waals surface area contributed by atoms with Crippen molar-refractivity contribution in [3.8, 4) is 5.75 Å². The van der Waals surface area contributed by atoms with Crippen molar-refractivity contribution in [1.29, 1.82) is 0 Å². The number of rotatable bonds is 6. The van der Waals surface area contributed by atoms with Crippen LogP contribution < -0.4 is 15.8 Å². The van der Waals surface area contributed by atoms with Gasteiger partial charge in [0.1, 0.15) is 5.75 Å². The fraction of sp³-hybridized carbons (Fsp3) is 0.571. The molecule has 1 aromatic rings. The molecule has 1 heterocycles. The van der Waals surface area contributed by atoms with Gasteiger partial charge in [-0.05, 0) is 43.7 Å². The number of piperazine rings is 1. The molecule has 5 heteroatoms. The molecule has 0 aliphatic carbocycles. The zero-order valence-electron chi connectivity index (χ0n) is 11.3. The molecule has 0 bridgehead atoms. The first-order chi connectivity index (χ1) is 8.84. The number of hydrogen-bond acceptors (Lipinski definition) is 4. The van der Waals surface area contributed by atoms with E-state index >= 15 is 0 Å². The molecule has 4 nitrogen and oxygen atoms in total. The minimum Gasteiger partial charge on any atom is -0.494 e. The maximum atomic E-state index is 5.66. The smallest absolute Gasteiger partial charge is 0.119 e. The zero-order valence-corrected chi connectivity index (χ0v) is 12.1. The summed E-state index contributed by atoms with van der Waals surface area (Å²) in [5.41, 5.74) is 6.40. The van der Waals surface area contributed by atoms with Crippen LogP contribution in [0.5, 0.6) is 5.75 Å². The number of nitrogen functional groups attached to an aromatic ring is 1. The predicted molar refractivity (Wildman–Crippen MR) is 82.1 cm³/mol. The Labute approximate surface area is 121 Å². The first kappa shape index (κ1) is 16.1. The van der Waals surface area contributed by atoms with Crippen LogP contribution in [-0.2, 0) is 0 Å². The van der Waals surface area contributed by atoms with Crippen molar-refractivity contribution in [1.82, 2.24) is 10.2 Å². The van der Waals surface area contributed by atoms with Gasteiger partial charge in [0.15, 0.2) is 0 Å². The normalized spacial score (nSPS) is 15.8. The molecule has 0 spiro atoms. The lowest BCUT2D eigenvalue weighted by molar-refractivity contribution is 0.226. The summed E-state index contributed by atoms with van der Waals surface area (Å²) in [5, 5.41) is 3.37. The Kier molecular flexibility index (Phi) is 7.63. The number of anilines is 1. The molecule has 0 saturated carbocycles. The second-order valence-corrected chi connectivity index (χ2v) is 4.72. The van der Waals surface area contributed by atoms with Gasteiger partial charge in [-0.2, -0.15) is 0 Å². The van der Waals surface area contributed by atoms with Crippen LogP contribution in [0, 0.1) is 0 Å². The Hall–Kier alpha value is -0.970. The molecule has 108 valence electrons. The average Bonchev–Trinajstić information content (AvgIpc) is 2.42. The molecule has 1 aromatic carbocycles. The van der Waals surface area contributed by atoms with E-state index in [1.807, 2.05) is 24.3 Å². The lowest BCUT2D eigenvalue weighted by Crippen LogP contribution is -2.43. The summed E-state index contributed by atoms with van der Waals surface area (Å²) in [6.45, 7) is 6.59. The molecule has 1 fully saturated rings. The molecular formula is C14H24ClN3O. The van der Waals surface area contributed by atoms with Gasteiger partial charge in [-0.3, -0.25) is 0 Å². The highest BCUT2D eigenvalue weighted by molar-refractivity contribution is 5.85. The van der Waals surface area contributed by atoms with Crippen molar-refractivity contribution in [2.24, 2.45) is 0 Å². The summed E-state index contributed by atoms with van der Waals surface area (Å²) in [5.74, 6) is 0.909. The summed E-state index contributed by atoms with van der Waals surface area (Å²) < 4.78 is 5.66. The number of hydrogen-bond donors (Lipinski definition) is 2. The van der Waals surface area contributed by atoms with Crippen LogP contribution in [0.2, 0.25) is 0 Å². The average molecular weight is 286 g/mol. The third-order valence-corrected chi connectivity index (χ3v) is 3.23. The van der Waals surface area contributed by atoms with Crippen LogP contribution in [0.4, 0.5) is 5.69 Å². The van der Waals surface area contributed by atoms with Crippen molar-refractivity contribution >= 4 is 18.1 Å². The van der Waals surface area contributed by atoms with Crippen molar-refractivity contribution in [2.45, 2.75) is 12.8 Å². The van der Waals surface area contributed by atoms with Gasteiger partial charge in [0.05, 0.1) is 6.61 Å². The number of unbranched alkanes of at least 4 members (excludes halogenated alkanes) is 1. The van der Waals surface area contributed by atoms with Crippen LogP contribution in [0.15, 0.2) is 24.3 Å². The fourth-order valence-corrected chi connectivity index (χ4v) is 2.13. The quantitative estimate of drug-likeness (QED) is 0.618. The van der Waals surface area contributed by atoms with E-state index in [4.69, 9.17) is 10.5 Å². The van der Waals surface area contributed by atoms with Crippen LogP contribution in [0.1, 0.15) is 12.8 Å². The first-order valence-corrected chi connectivity index (χ1v) is 6.76. The maximum absolute atomic E-state index is 5.66. The molecule has 1 aliphatic rings. The van der Waals surface area contributed by atoms with Crippen molar-refractivity contribution in [3.05, 3.63) is 24.3 Å². The lowest BCUT2D eigenvalue weighted by atomic mass is 10.2. The molecule has 0 amide bonds. The molecule has 0 unspecified atom stereocenters. The molecule has 0 aromatic heterocycles. The Balaban J connectivity index is 0.00000180. The Morgan fingerprint density at radius 2 is 1.79 bits per heavy atom. The van der Waals surface area contributed by atoms with E-state index < -0.39 is 0 Å². The summed E-state index contributed by atoms with van der Waals surface area (Å²) in [6.07, 6.45) is 2.31. The number of ether oxygens (including phenoxy) is 1. The standard InChI is InChI=1S/C14H23N3O.ClH/c15-13-3-5-14(6-4-13)18-12-2-1-9-17-10-7-16-8-11-17;/h3-6,16H,1-2,7-12,15H2;1H. The second-order valence-electron chi connectivity index (χ2n) is 4.72. The first-order valence-electron chi connectivity index (χ1n) is 6.76.